The van der Waals surface area contributed by atoms with Crippen LogP contribution >= 0.6 is 0 Å². The second-order valence-corrected chi connectivity index (χ2v) is 16.0. The second-order valence-electron chi connectivity index (χ2n) is 16.0. The molecular formula is C59H38N2O2. The van der Waals surface area contributed by atoms with E-state index in [2.05, 4.69) is 200 Å². The minimum absolute atomic E-state index is 0.529. The number of nitrogens with zero attached hydrogens (tertiary/aromatic N) is 2. The van der Waals surface area contributed by atoms with Gasteiger partial charge < -0.3 is 9.47 Å². The summed E-state index contributed by atoms with van der Waals surface area (Å²) >= 11 is 0. The lowest BCUT2D eigenvalue weighted by Crippen LogP contribution is -2.28. The van der Waals surface area contributed by atoms with Crippen LogP contribution in [0.3, 0.4) is 0 Å². The molecule has 0 spiro atoms. The average Bonchev–Trinajstić information content (AvgIpc) is 3.68. The van der Waals surface area contributed by atoms with Gasteiger partial charge in [-0.05, 0) is 80.4 Å². The maximum atomic E-state index is 6.93. The smallest absolute Gasteiger partial charge is 0.178 e. The molecule has 296 valence electrons. The molecule has 12 rings (SSSR count). The van der Waals surface area contributed by atoms with E-state index in [-0.39, 0.29) is 0 Å². The van der Waals surface area contributed by atoms with Gasteiger partial charge in [-0.3, -0.25) is 0 Å². The van der Waals surface area contributed by atoms with Gasteiger partial charge in [-0.1, -0.05) is 200 Å². The third-order valence-electron chi connectivity index (χ3n) is 12.5. The second kappa shape index (κ2) is 15.0. The molecule has 4 heteroatoms. The SMILES string of the molecule is c1ccc(-c2cc(-c3ccccc3-c3ccccc3)nc(-c3cccc(-c4ccc5c(c4)Oc4ccc6c(c4O5)-c4ccccc4C6(c4ccccc4)c4ccccc4)c3)n2)cc1. The summed E-state index contributed by atoms with van der Waals surface area (Å²) in [6.45, 7) is 0. The molecule has 1 aromatic heterocycles. The summed E-state index contributed by atoms with van der Waals surface area (Å²) in [5, 5.41) is 0. The van der Waals surface area contributed by atoms with Crippen LogP contribution in [0.15, 0.2) is 231 Å². The molecule has 0 unspecified atom stereocenters. The Hall–Kier alpha value is -8.34. The molecule has 0 fully saturated rings. The zero-order chi connectivity index (χ0) is 41.7. The van der Waals surface area contributed by atoms with E-state index >= 15 is 0 Å². The maximum absolute atomic E-state index is 6.93. The molecule has 1 aliphatic carbocycles. The van der Waals surface area contributed by atoms with E-state index in [1.165, 1.54) is 22.3 Å². The van der Waals surface area contributed by atoms with E-state index in [1.807, 2.05) is 30.3 Å². The molecule has 0 N–H and O–H groups in total. The highest BCUT2D eigenvalue weighted by atomic mass is 16.6. The number of benzene rings is 9. The topological polar surface area (TPSA) is 44.2 Å². The molecule has 0 radical (unpaired) electrons. The van der Waals surface area contributed by atoms with Crippen LogP contribution < -0.4 is 9.47 Å². The van der Waals surface area contributed by atoms with Gasteiger partial charge in [0.15, 0.2) is 28.8 Å². The standard InChI is InChI=1S/C59H38N2O2/c1-5-18-39(19-6-1)46-28-13-14-29-47(46)52-38-51(40-20-7-2-8-21-40)60-58(61-52)43-23-17-22-41(36-43)42-32-34-53-55(37-42)62-54-35-33-50-56(57(54)63-53)48-30-15-16-31-49(48)59(50,44-24-9-3-10-25-44)45-26-11-4-12-27-45/h1-38H. The van der Waals surface area contributed by atoms with Gasteiger partial charge in [-0.2, -0.15) is 0 Å². The summed E-state index contributed by atoms with van der Waals surface area (Å²) in [6.07, 6.45) is 0. The van der Waals surface area contributed by atoms with Crippen molar-refractivity contribution in [3.63, 3.8) is 0 Å². The Balaban J connectivity index is 0.932. The van der Waals surface area contributed by atoms with Gasteiger partial charge in [0.1, 0.15) is 0 Å². The number of aromatic nitrogens is 2. The van der Waals surface area contributed by atoms with Crippen LogP contribution in [0.1, 0.15) is 22.3 Å². The number of hydrogen-bond donors (Lipinski definition) is 0. The van der Waals surface area contributed by atoms with Gasteiger partial charge in [0, 0.05) is 22.3 Å². The molecule has 0 saturated carbocycles. The summed E-state index contributed by atoms with van der Waals surface area (Å²) in [5.74, 6) is 3.41. The molecule has 10 aromatic rings. The maximum Gasteiger partial charge on any atom is 0.178 e. The molecule has 4 nitrogen and oxygen atoms in total. The van der Waals surface area contributed by atoms with Crippen LogP contribution in [0.4, 0.5) is 0 Å². The predicted molar refractivity (Wildman–Crippen MR) is 253 cm³/mol. The highest BCUT2D eigenvalue weighted by Crippen LogP contribution is 2.62. The molecule has 0 atom stereocenters. The lowest BCUT2D eigenvalue weighted by molar-refractivity contribution is 0.360. The normalized spacial score (nSPS) is 12.8. The fourth-order valence-electron chi connectivity index (χ4n) is 9.63. The van der Waals surface area contributed by atoms with E-state index < -0.39 is 5.41 Å². The van der Waals surface area contributed by atoms with Gasteiger partial charge >= 0.3 is 0 Å². The zero-order valence-electron chi connectivity index (χ0n) is 34.2. The Bertz CT molecular complexity index is 3290. The Morgan fingerprint density at radius 2 is 0.873 bits per heavy atom. The van der Waals surface area contributed by atoms with Crippen molar-refractivity contribution in [2.45, 2.75) is 5.41 Å². The molecule has 63 heavy (non-hydrogen) atoms. The van der Waals surface area contributed by atoms with Crippen LogP contribution in [0.25, 0.3) is 67.3 Å². The minimum Gasteiger partial charge on any atom is -0.449 e. The third kappa shape index (κ3) is 6.07. The van der Waals surface area contributed by atoms with Crippen LogP contribution in [0.2, 0.25) is 0 Å². The van der Waals surface area contributed by atoms with Crippen molar-refractivity contribution in [1.29, 1.82) is 0 Å². The van der Waals surface area contributed by atoms with Crippen molar-refractivity contribution in [2.75, 3.05) is 0 Å². The molecule has 0 amide bonds. The van der Waals surface area contributed by atoms with Gasteiger partial charge in [-0.25, -0.2) is 9.97 Å². The molecule has 2 aliphatic rings. The average molecular weight is 807 g/mol. The molecule has 2 heterocycles. The fraction of sp³-hybridized carbons (Fsp3) is 0.0169. The van der Waals surface area contributed by atoms with Crippen molar-refractivity contribution in [3.05, 3.63) is 253 Å². The fourth-order valence-corrected chi connectivity index (χ4v) is 9.63. The first-order chi connectivity index (χ1) is 31.2. The Kier molecular flexibility index (Phi) is 8.68. The first-order valence-electron chi connectivity index (χ1n) is 21.3. The number of hydrogen-bond acceptors (Lipinski definition) is 4. The minimum atomic E-state index is -0.529. The van der Waals surface area contributed by atoms with E-state index in [0.29, 0.717) is 23.1 Å². The highest BCUT2D eigenvalue weighted by Gasteiger charge is 2.48. The van der Waals surface area contributed by atoms with Crippen molar-refractivity contribution in [1.82, 2.24) is 9.97 Å². The van der Waals surface area contributed by atoms with E-state index in [1.54, 1.807) is 0 Å². The summed E-state index contributed by atoms with van der Waals surface area (Å²) in [7, 11) is 0. The predicted octanol–water partition coefficient (Wildman–Crippen LogP) is 15.1. The lowest BCUT2D eigenvalue weighted by atomic mass is 9.68. The molecule has 0 bridgehead atoms. The van der Waals surface area contributed by atoms with Crippen LogP contribution in [-0.2, 0) is 5.41 Å². The van der Waals surface area contributed by atoms with Gasteiger partial charge in [0.05, 0.1) is 16.8 Å². The lowest BCUT2D eigenvalue weighted by Gasteiger charge is -2.34. The van der Waals surface area contributed by atoms with E-state index in [4.69, 9.17) is 19.4 Å². The molecule has 1 aliphatic heterocycles. The van der Waals surface area contributed by atoms with Crippen molar-refractivity contribution in [2.24, 2.45) is 0 Å². The van der Waals surface area contributed by atoms with Crippen LogP contribution in [0.5, 0.6) is 23.0 Å². The van der Waals surface area contributed by atoms with Crippen LogP contribution in [0, 0.1) is 0 Å². The van der Waals surface area contributed by atoms with Gasteiger partial charge in [0.2, 0.25) is 0 Å². The summed E-state index contributed by atoms with van der Waals surface area (Å²) in [4.78, 5) is 10.4. The highest BCUT2D eigenvalue weighted by molar-refractivity contribution is 5.92. The summed E-state index contributed by atoms with van der Waals surface area (Å²) < 4.78 is 13.7. The van der Waals surface area contributed by atoms with Crippen molar-refractivity contribution < 1.29 is 9.47 Å². The zero-order valence-corrected chi connectivity index (χ0v) is 34.2. The van der Waals surface area contributed by atoms with E-state index in [9.17, 15) is 0 Å². The quantitative estimate of drug-likeness (QED) is 0.161. The summed E-state index contributed by atoms with van der Waals surface area (Å²) in [6, 6.07) is 80.6. The van der Waals surface area contributed by atoms with E-state index in [0.717, 1.165) is 67.2 Å². The molecular weight excluding hydrogens is 769 g/mol. The monoisotopic (exact) mass is 806 g/mol. The summed E-state index contributed by atoms with van der Waals surface area (Å²) in [5.41, 5.74) is 15.5. The van der Waals surface area contributed by atoms with Crippen LogP contribution in [-0.4, -0.2) is 9.97 Å². The van der Waals surface area contributed by atoms with Crippen molar-refractivity contribution >= 4 is 0 Å². The Labute approximate surface area is 366 Å². The first kappa shape index (κ1) is 36.5. The number of rotatable bonds is 7. The van der Waals surface area contributed by atoms with Gasteiger partial charge in [0.25, 0.3) is 0 Å². The number of fused-ring (bicyclic) bond motifs is 6. The Morgan fingerprint density at radius 3 is 1.60 bits per heavy atom. The first-order valence-corrected chi connectivity index (χ1v) is 21.3. The largest absolute Gasteiger partial charge is 0.449 e. The van der Waals surface area contributed by atoms with Gasteiger partial charge in [-0.15, -0.1) is 0 Å². The molecule has 9 aromatic carbocycles. The molecule has 0 saturated heterocycles. The van der Waals surface area contributed by atoms with Crippen molar-refractivity contribution in [3.8, 4) is 90.3 Å². The Morgan fingerprint density at radius 1 is 0.317 bits per heavy atom. The number of ether oxygens (including phenoxy) is 2. The third-order valence-corrected chi connectivity index (χ3v) is 12.5.